The second-order valence-electron chi connectivity index (χ2n) is 11.8. The minimum absolute atomic E-state index is 0.0137. The third-order valence-electron chi connectivity index (χ3n) is 8.86. The van der Waals surface area contributed by atoms with E-state index in [4.69, 9.17) is 23.7 Å². The fourth-order valence-electron chi connectivity index (χ4n) is 6.64. The summed E-state index contributed by atoms with van der Waals surface area (Å²) in [6, 6.07) is 18.9. The van der Waals surface area contributed by atoms with E-state index in [0.717, 1.165) is 17.8 Å². The summed E-state index contributed by atoms with van der Waals surface area (Å²) in [4.78, 5) is 42.2. The normalized spacial score (nSPS) is 16.3. The van der Waals surface area contributed by atoms with Crippen LogP contribution in [0.25, 0.3) is 0 Å². The Bertz CT molecular complexity index is 1880. The van der Waals surface area contributed by atoms with Crippen LogP contribution in [0, 0.1) is 5.92 Å². The van der Waals surface area contributed by atoms with Gasteiger partial charge in [-0.3, -0.25) is 14.4 Å². The number of carbonyl (C=O) groups excluding carboxylic acids is 2. The van der Waals surface area contributed by atoms with E-state index in [1.54, 1.807) is 48.5 Å². The van der Waals surface area contributed by atoms with Crippen molar-refractivity contribution in [2.45, 2.75) is 18.9 Å². The van der Waals surface area contributed by atoms with E-state index in [1.165, 1.54) is 35.5 Å². The number of aromatic nitrogens is 1. The lowest BCUT2D eigenvalue weighted by Gasteiger charge is -2.44. The number of ether oxygens (including phenoxy) is 5. The molecular formula is C36H38N4O8. The minimum atomic E-state index is -0.404. The Balaban J connectivity index is 1.35. The molecule has 1 saturated heterocycles. The van der Waals surface area contributed by atoms with Crippen molar-refractivity contribution in [1.29, 1.82) is 0 Å². The summed E-state index contributed by atoms with van der Waals surface area (Å²) in [6.07, 6.45) is 0.973. The molecule has 12 heteroatoms. The minimum Gasteiger partial charge on any atom is -0.497 e. The Hall–Kier alpha value is -5.65. The van der Waals surface area contributed by atoms with Crippen molar-refractivity contribution in [1.82, 2.24) is 4.57 Å². The molecule has 4 aromatic rings. The second-order valence-corrected chi connectivity index (χ2v) is 11.8. The van der Waals surface area contributed by atoms with Crippen LogP contribution in [0.2, 0.25) is 0 Å². The quantitative estimate of drug-likeness (QED) is 0.242. The molecular weight excluding hydrogens is 616 g/mol. The number of methoxy groups -OCH3 is 5. The van der Waals surface area contributed by atoms with Gasteiger partial charge in [0.05, 0.1) is 46.9 Å². The number of pyridine rings is 1. The average Bonchev–Trinajstić information content (AvgIpc) is 3.11. The zero-order chi connectivity index (χ0) is 33.9. The predicted molar refractivity (Wildman–Crippen MR) is 182 cm³/mol. The molecule has 2 bridgehead atoms. The molecule has 2 atom stereocenters. The van der Waals surface area contributed by atoms with E-state index in [1.807, 2.05) is 22.8 Å². The predicted octanol–water partition coefficient (Wildman–Crippen LogP) is 5.02. The number of nitrogens with one attached hydrogen (secondary N) is 2. The van der Waals surface area contributed by atoms with Crippen LogP contribution < -0.4 is 44.8 Å². The van der Waals surface area contributed by atoms with Crippen LogP contribution in [-0.4, -0.2) is 65.0 Å². The number of fused-ring (bicyclic) bond motifs is 4. The van der Waals surface area contributed by atoms with Gasteiger partial charge >= 0.3 is 0 Å². The van der Waals surface area contributed by atoms with Gasteiger partial charge in [-0.1, -0.05) is 6.07 Å². The molecule has 3 heterocycles. The molecule has 1 fully saturated rings. The first-order valence-corrected chi connectivity index (χ1v) is 15.5. The number of hydrogen-bond acceptors (Lipinski definition) is 9. The molecule has 2 amide bonds. The number of nitrogens with zero attached hydrogens (tertiary/aromatic N) is 2. The highest BCUT2D eigenvalue weighted by atomic mass is 16.5. The van der Waals surface area contributed by atoms with Crippen molar-refractivity contribution in [3.8, 4) is 28.7 Å². The molecule has 0 saturated carbocycles. The maximum atomic E-state index is 13.7. The van der Waals surface area contributed by atoms with Crippen molar-refractivity contribution in [3.05, 3.63) is 93.9 Å². The topological polar surface area (TPSA) is 130 Å². The van der Waals surface area contributed by atoms with Crippen LogP contribution in [-0.2, 0) is 6.54 Å². The van der Waals surface area contributed by atoms with Crippen LogP contribution in [0.4, 0.5) is 17.1 Å². The summed E-state index contributed by atoms with van der Waals surface area (Å²) >= 11 is 0. The van der Waals surface area contributed by atoms with E-state index < -0.39 is 11.8 Å². The van der Waals surface area contributed by atoms with Gasteiger partial charge in [-0.25, -0.2) is 0 Å². The molecule has 0 aliphatic carbocycles. The average molecular weight is 655 g/mol. The van der Waals surface area contributed by atoms with Gasteiger partial charge in [0.25, 0.3) is 17.4 Å². The standard InChI is InChI=1S/C36H38N4O8/c1-44-26-12-23(13-27(17-26)45-2)36(43)38-28-14-22(35(42)37-25-15-31(46-3)34(48-5)32(16-25)47-4)9-10-30(28)39-18-21-11-24(20-39)29-7-6-8-33(41)40(29)19-21/h6-10,12-17,21,24H,11,18-20H2,1-5H3,(H,37,42)(H,38,43). The van der Waals surface area contributed by atoms with Crippen LogP contribution in [0.5, 0.6) is 28.7 Å². The van der Waals surface area contributed by atoms with Gasteiger partial charge in [0.1, 0.15) is 11.5 Å². The molecule has 12 nitrogen and oxygen atoms in total. The van der Waals surface area contributed by atoms with Crippen LogP contribution in [0.15, 0.2) is 71.5 Å². The first-order chi connectivity index (χ1) is 23.2. The lowest BCUT2D eigenvalue weighted by molar-refractivity contribution is 0.101. The van der Waals surface area contributed by atoms with Crippen molar-refractivity contribution < 1.29 is 33.3 Å². The summed E-state index contributed by atoms with van der Waals surface area (Å²) in [5.74, 6) is 1.70. The van der Waals surface area contributed by atoms with Gasteiger partial charge in [0.2, 0.25) is 5.75 Å². The van der Waals surface area contributed by atoms with Gasteiger partial charge in [-0.15, -0.1) is 0 Å². The van der Waals surface area contributed by atoms with E-state index >= 15 is 0 Å². The van der Waals surface area contributed by atoms with Gasteiger partial charge in [0, 0.05) is 72.3 Å². The zero-order valence-corrected chi connectivity index (χ0v) is 27.5. The lowest BCUT2D eigenvalue weighted by Crippen LogP contribution is -2.47. The molecule has 48 heavy (non-hydrogen) atoms. The molecule has 6 rings (SSSR count). The summed E-state index contributed by atoms with van der Waals surface area (Å²) in [7, 11) is 7.54. The molecule has 0 radical (unpaired) electrons. The van der Waals surface area contributed by atoms with Crippen molar-refractivity contribution in [3.63, 3.8) is 0 Å². The van der Waals surface area contributed by atoms with Gasteiger partial charge in [-0.2, -0.15) is 0 Å². The fourth-order valence-corrected chi connectivity index (χ4v) is 6.64. The number of benzene rings is 3. The SMILES string of the molecule is COc1cc(OC)cc(C(=O)Nc2cc(C(=O)Nc3cc(OC)c(OC)c(OC)c3)ccc2N2CC3CC(C2)c2cccc(=O)n2C3)c1. The Kier molecular flexibility index (Phi) is 9.15. The van der Waals surface area contributed by atoms with Crippen LogP contribution in [0.3, 0.4) is 0 Å². The zero-order valence-electron chi connectivity index (χ0n) is 27.5. The summed E-state index contributed by atoms with van der Waals surface area (Å²) in [5, 5.41) is 5.95. The molecule has 250 valence electrons. The highest BCUT2D eigenvalue weighted by Gasteiger charge is 2.35. The summed E-state index contributed by atoms with van der Waals surface area (Å²) < 4.78 is 28.9. The van der Waals surface area contributed by atoms with Crippen LogP contribution >= 0.6 is 0 Å². The first kappa shape index (κ1) is 32.3. The van der Waals surface area contributed by atoms with Gasteiger partial charge in [0.15, 0.2) is 11.5 Å². The molecule has 1 aromatic heterocycles. The number of amides is 2. The fraction of sp³-hybridized carbons (Fsp3) is 0.306. The molecule has 3 aromatic carbocycles. The van der Waals surface area contributed by atoms with Gasteiger partial charge in [-0.05, 0) is 48.7 Å². The Morgan fingerprint density at radius 2 is 1.40 bits per heavy atom. The van der Waals surface area contributed by atoms with E-state index in [0.29, 0.717) is 70.9 Å². The molecule has 2 N–H and O–H groups in total. The number of rotatable bonds is 10. The summed E-state index contributed by atoms with van der Waals surface area (Å²) in [6.45, 7) is 1.96. The van der Waals surface area contributed by atoms with E-state index in [9.17, 15) is 14.4 Å². The lowest BCUT2D eigenvalue weighted by atomic mass is 9.83. The van der Waals surface area contributed by atoms with Crippen molar-refractivity contribution >= 4 is 28.9 Å². The second kappa shape index (κ2) is 13.6. The largest absolute Gasteiger partial charge is 0.497 e. The molecule has 2 aliphatic rings. The highest BCUT2D eigenvalue weighted by Crippen LogP contribution is 2.41. The number of anilines is 3. The van der Waals surface area contributed by atoms with Gasteiger partial charge < -0.3 is 43.8 Å². The van der Waals surface area contributed by atoms with Crippen molar-refractivity contribution in [2.24, 2.45) is 5.92 Å². The highest BCUT2D eigenvalue weighted by molar-refractivity contribution is 6.09. The number of hydrogen-bond donors (Lipinski definition) is 2. The van der Waals surface area contributed by atoms with E-state index in [-0.39, 0.29) is 17.4 Å². The number of piperidine rings is 1. The van der Waals surface area contributed by atoms with E-state index in [2.05, 4.69) is 15.5 Å². The Morgan fingerprint density at radius 3 is 2.04 bits per heavy atom. The smallest absolute Gasteiger partial charge is 0.255 e. The van der Waals surface area contributed by atoms with Crippen molar-refractivity contribution in [2.75, 3.05) is 64.2 Å². The molecule has 0 spiro atoms. The Morgan fingerprint density at radius 1 is 0.708 bits per heavy atom. The summed E-state index contributed by atoms with van der Waals surface area (Å²) in [5.41, 5.74) is 3.34. The first-order valence-electron chi connectivity index (χ1n) is 15.5. The van der Waals surface area contributed by atoms with Crippen LogP contribution in [0.1, 0.15) is 38.7 Å². The maximum absolute atomic E-state index is 13.7. The maximum Gasteiger partial charge on any atom is 0.255 e. The molecule has 2 unspecified atom stereocenters. The Labute approximate surface area is 278 Å². The third-order valence-corrected chi connectivity index (χ3v) is 8.86. The third kappa shape index (κ3) is 6.33. The monoisotopic (exact) mass is 654 g/mol. The number of carbonyl (C=O) groups is 2. The molecule has 2 aliphatic heterocycles.